The maximum absolute atomic E-state index is 12.6. The molecule has 120 valence electrons. The van der Waals surface area contributed by atoms with Gasteiger partial charge in [0.15, 0.2) is 5.75 Å². The summed E-state index contributed by atoms with van der Waals surface area (Å²) in [6, 6.07) is 0. The van der Waals surface area contributed by atoms with Crippen LogP contribution in [-0.2, 0) is 4.79 Å². The van der Waals surface area contributed by atoms with Crippen LogP contribution in [0, 0.1) is 29.1 Å². The number of alkyl halides is 3. The predicted octanol–water partition coefficient (Wildman–Crippen LogP) is 3.94. The largest absolute Gasteiger partial charge is 0.491 e. The van der Waals surface area contributed by atoms with Crippen LogP contribution >= 0.6 is 0 Å². The Balaban J connectivity index is 0. The van der Waals surface area contributed by atoms with E-state index >= 15 is 0 Å². The van der Waals surface area contributed by atoms with Gasteiger partial charge in [0.25, 0.3) is 0 Å². The van der Waals surface area contributed by atoms with Crippen LogP contribution in [0.1, 0.15) is 0 Å². The fourth-order valence-electron chi connectivity index (χ4n) is 0.764. The zero-order chi connectivity index (χ0) is 17.4. The third-order valence-corrected chi connectivity index (χ3v) is 1.51. The third-order valence-electron chi connectivity index (χ3n) is 1.51. The molecule has 0 aromatic heterocycles. The van der Waals surface area contributed by atoms with E-state index in [1.54, 1.807) is 0 Å². The van der Waals surface area contributed by atoms with Gasteiger partial charge in [-0.05, 0) is 0 Å². The summed E-state index contributed by atoms with van der Waals surface area (Å²) in [5.41, 5.74) is 0. The lowest BCUT2D eigenvalue weighted by Gasteiger charge is -2.05. The van der Waals surface area contributed by atoms with Crippen molar-refractivity contribution in [3.8, 4) is 5.75 Å². The van der Waals surface area contributed by atoms with Crippen molar-refractivity contribution in [1.29, 1.82) is 0 Å². The molecule has 0 saturated heterocycles. The predicted molar refractivity (Wildman–Crippen MR) is 56.2 cm³/mol. The second-order valence-corrected chi connectivity index (χ2v) is 2.76. The van der Waals surface area contributed by atoms with E-state index in [0.29, 0.717) is 0 Å². The second-order valence-electron chi connectivity index (χ2n) is 2.76. The highest BCUT2D eigenvalue weighted by molar-refractivity contribution is 5.56. The van der Waals surface area contributed by atoms with Crippen LogP contribution in [0.15, 0.2) is 13.2 Å². The number of hydrogen-bond acceptors (Lipinski definition) is 2. The van der Waals surface area contributed by atoms with E-state index in [9.17, 15) is 35.1 Å². The molecule has 1 aromatic carbocycles. The van der Waals surface area contributed by atoms with Crippen molar-refractivity contribution in [3.63, 3.8) is 0 Å². The van der Waals surface area contributed by atoms with Crippen LogP contribution in [0.4, 0.5) is 35.1 Å². The number of aldehydes is 1. The Morgan fingerprint density at radius 2 is 1.10 bits per heavy atom. The zero-order valence-electron chi connectivity index (χ0n) is 10.3. The van der Waals surface area contributed by atoms with E-state index in [2.05, 4.69) is 17.9 Å². The van der Waals surface area contributed by atoms with E-state index in [0.717, 1.165) is 7.11 Å². The van der Waals surface area contributed by atoms with Crippen molar-refractivity contribution in [2.24, 2.45) is 0 Å². The molecule has 0 fully saturated rings. The molecule has 0 bridgehead atoms. The van der Waals surface area contributed by atoms with E-state index in [1.165, 1.54) is 0 Å². The molecule has 21 heavy (non-hydrogen) atoms. The topological polar surface area (TPSA) is 26.3 Å². The van der Waals surface area contributed by atoms with Gasteiger partial charge in [0.05, 0.1) is 7.11 Å². The lowest BCUT2D eigenvalue weighted by Crippen LogP contribution is -2.07. The van der Waals surface area contributed by atoms with Gasteiger partial charge in [-0.25, -0.2) is 13.2 Å². The number of carbonyl (C=O) groups excluding carboxylic acids is 1. The number of hydrogen-bond donors (Lipinski definition) is 0. The molecule has 0 radical (unpaired) electrons. The summed E-state index contributed by atoms with van der Waals surface area (Å²) in [5, 5.41) is 0. The van der Waals surface area contributed by atoms with Crippen molar-refractivity contribution in [2.75, 3.05) is 7.11 Å². The minimum atomic E-state index is -4.64. The normalized spacial score (nSPS) is 9.76. The molecule has 0 N–H and O–H groups in total. The summed E-state index contributed by atoms with van der Waals surface area (Å²) in [6.45, 7) is 6.00. The summed E-state index contributed by atoms with van der Waals surface area (Å²) >= 11 is 0. The van der Waals surface area contributed by atoms with Gasteiger partial charge in [-0.1, -0.05) is 0 Å². The second kappa shape index (κ2) is 8.93. The molecular weight excluding hydrogens is 316 g/mol. The summed E-state index contributed by atoms with van der Waals surface area (Å²) in [6.07, 6.45) is -5.70. The zero-order valence-corrected chi connectivity index (χ0v) is 10.3. The van der Waals surface area contributed by atoms with Crippen molar-refractivity contribution in [2.45, 2.75) is 6.18 Å². The van der Waals surface area contributed by atoms with Crippen LogP contribution in [0.5, 0.6) is 5.75 Å². The van der Waals surface area contributed by atoms with Crippen LogP contribution in [-0.4, -0.2) is 19.6 Å². The molecule has 0 aliphatic rings. The maximum atomic E-state index is 12.6. The molecule has 10 heteroatoms. The Kier molecular flexibility index (Phi) is 9.00. The highest BCUT2D eigenvalue weighted by Gasteiger charge is 2.26. The summed E-state index contributed by atoms with van der Waals surface area (Å²) < 4.78 is 97.4. The number of rotatable bonds is 1. The fraction of sp³-hybridized carbons (Fsp3) is 0.182. The first-order chi connectivity index (χ1) is 9.56. The molecule has 0 unspecified atom stereocenters. The maximum Gasteiger partial charge on any atom is 0.446 e. The van der Waals surface area contributed by atoms with Crippen LogP contribution in [0.3, 0.4) is 0 Å². The molecule has 0 aliphatic carbocycles. The molecule has 2 nitrogen and oxygen atoms in total. The van der Waals surface area contributed by atoms with Crippen LogP contribution in [0.25, 0.3) is 0 Å². The first-order valence-electron chi connectivity index (χ1n) is 4.65. The average molecular weight is 324 g/mol. The van der Waals surface area contributed by atoms with E-state index < -0.39 is 47.3 Å². The van der Waals surface area contributed by atoms with Gasteiger partial charge in [-0.2, -0.15) is 22.0 Å². The standard InChI is InChI=1S/C7H3F5O.C2HF3O.C2H4/c1-13-7-5(11)3(9)2(8)4(10)6(7)12;3-2(4,5)1-6;1-2/h1H3;1H;1-2H2. The van der Waals surface area contributed by atoms with Crippen molar-refractivity contribution >= 4 is 6.29 Å². The monoisotopic (exact) mass is 324 g/mol. The molecule has 0 heterocycles. The molecule has 1 rings (SSSR count). The van der Waals surface area contributed by atoms with Gasteiger partial charge in [0.1, 0.15) is 0 Å². The van der Waals surface area contributed by atoms with Gasteiger partial charge < -0.3 is 4.74 Å². The van der Waals surface area contributed by atoms with Crippen LogP contribution < -0.4 is 4.74 Å². The van der Waals surface area contributed by atoms with E-state index in [-0.39, 0.29) is 0 Å². The summed E-state index contributed by atoms with van der Waals surface area (Å²) in [4.78, 5) is 8.70. The molecule has 0 amide bonds. The summed E-state index contributed by atoms with van der Waals surface area (Å²) in [5.74, 6) is -11.5. The smallest absolute Gasteiger partial charge is 0.446 e. The van der Waals surface area contributed by atoms with E-state index in [4.69, 9.17) is 4.79 Å². The fourth-order valence-corrected chi connectivity index (χ4v) is 0.764. The number of halogens is 8. The number of carbonyl (C=O) groups is 1. The van der Waals surface area contributed by atoms with Crippen LogP contribution in [0.2, 0.25) is 0 Å². The molecule has 0 atom stereocenters. The Morgan fingerprint density at radius 1 is 0.857 bits per heavy atom. The van der Waals surface area contributed by atoms with Crippen molar-refractivity contribution < 1.29 is 44.7 Å². The first-order valence-corrected chi connectivity index (χ1v) is 4.65. The Bertz CT molecular complexity index is 455. The Hall–Kier alpha value is -2.13. The number of methoxy groups -OCH3 is 1. The van der Waals surface area contributed by atoms with E-state index in [1.807, 2.05) is 0 Å². The molecule has 0 spiro atoms. The van der Waals surface area contributed by atoms with Gasteiger partial charge >= 0.3 is 6.18 Å². The lowest BCUT2D eigenvalue weighted by molar-refractivity contribution is -0.156. The van der Waals surface area contributed by atoms with Gasteiger partial charge in [-0.15, -0.1) is 13.2 Å². The third kappa shape index (κ3) is 6.23. The Morgan fingerprint density at radius 3 is 1.29 bits per heavy atom. The highest BCUT2D eigenvalue weighted by Crippen LogP contribution is 2.28. The number of benzene rings is 1. The first kappa shape index (κ1) is 21.2. The van der Waals surface area contributed by atoms with Crippen molar-refractivity contribution in [3.05, 3.63) is 42.2 Å². The molecule has 1 aromatic rings. The van der Waals surface area contributed by atoms with Gasteiger partial charge in [0.2, 0.25) is 35.4 Å². The number of ether oxygens (including phenoxy) is 1. The SMILES string of the molecule is C=C.COc1c(F)c(F)c(F)c(F)c1F.O=CC(F)(F)F. The molecule has 0 saturated carbocycles. The lowest BCUT2D eigenvalue weighted by atomic mass is 10.3. The summed E-state index contributed by atoms with van der Waals surface area (Å²) in [7, 11) is 0.804. The highest BCUT2D eigenvalue weighted by atomic mass is 19.4. The molecular formula is C11H8F8O2. The minimum absolute atomic E-state index is 0.804. The van der Waals surface area contributed by atoms with Crippen molar-refractivity contribution in [1.82, 2.24) is 0 Å². The molecule has 0 aliphatic heterocycles. The van der Waals surface area contributed by atoms with Gasteiger partial charge in [-0.3, -0.25) is 4.79 Å². The Labute approximate surface area is 113 Å². The minimum Gasteiger partial charge on any atom is -0.491 e. The average Bonchev–Trinajstić information content (AvgIpc) is 2.46. The quantitative estimate of drug-likeness (QED) is 0.257. The van der Waals surface area contributed by atoms with Gasteiger partial charge in [0, 0.05) is 0 Å².